The van der Waals surface area contributed by atoms with Crippen molar-refractivity contribution in [2.24, 2.45) is 4.99 Å². The molecule has 3 heterocycles. The molecule has 2 aliphatic rings. The molecular formula is C24H26ClN3O4. The van der Waals surface area contributed by atoms with E-state index in [9.17, 15) is 4.79 Å². The van der Waals surface area contributed by atoms with Gasteiger partial charge in [0, 0.05) is 19.5 Å². The molecule has 168 valence electrons. The molecular weight excluding hydrogens is 430 g/mol. The van der Waals surface area contributed by atoms with Crippen LogP contribution in [-0.4, -0.2) is 56.4 Å². The highest BCUT2D eigenvalue weighted by atomic mass is 35.5. The van der Waals surface area contributed by atoms with Gasteiger partial charge in [0.2, 0.25) is 0 Å². The lowest BCUT2D eigenvalue weighted by molar-refractivity contribution is 0.0522. The number of ether oxygens (including phenoxy) is 3. The Morgan fingerprint density at radius 3 is 2.69 bits per heavy atom. The van der Waals surface area contributed by atoms with Gasteiger partial charge in [-0.1, -0.05) is 30.7 Å². The summed E-state index contributed by atoms with van der Waals surface area (Å²) in [6.45, 7) is 4.96. The number of pyridine rings is 1. The van der Waals surface area contributed by atoms with Crippen molar-refractivity contribution >= 4 is 23.1 Å². The monoisotopic (exact) mass is 455 g/mol. The Morgan fingerprint density at radius 2 is 2.00 bits per heavy atom. The molecule has 0 amide bonds. The standard InChI is InChI=1S/C24H26ClN3O4/c1-4-15-13-18(16-6-5-7-17(12-16)30-2)21-22(19(25)14-20(26-21)24(29)31-3)27-23(15)28-8-10-32-11-9-28/h5-7,12,14H,4,8-11,13H2,1-3H3. The Balaban J connectivity index is 2.02. The van der Waals surface area contributed by atoms with Gasteiger partial charge in [0.25, 0.3) is 0 Å². The normalized spacial score (nSPS) is 16.2. The minimum atomic E-state index is -0.541. The molecule has 0 atom stereocenters. The molecule has 8 heteroatoms. The van der Waals surface area contributed by atoms with Gasteiger partial charge < -0.3 is 19.1 Å². The number of fused-ring (bicyclic) bond motifs is 1. The van der Waals surface area contributed by atoms with Gasteiger partial charge in [0.1, 0.15) is 16.9 Å². The molecule has 2 aliphatic heterocycles. The van der Waals surface area contributed by atoms with Crippen LogP contribution in [0.5, 0.6) is 5.75 Å². The van der Waals surface area contributed by atoms with Gasteiger partial charge in [-0.2, -0.15) is 0 Å². The number of aromatic nitrogens is 1. The number of nitrogens with zero attached hydrogens (tertiary/aromatic N) is 3. The summed E-state index contributed by atoms with van der Waals surface area (Å²) < 4.78 is 15.9. The van der Waals surface area contributed by atoms with E-state index in [2.05, 4.69) is 16.8 Å². The number of rotatable bonds is 5. The van der Waals surface area contributed by atoms with Crippen LogP contribution in [0, 0.1) is 0 Å². The van der Waals surface area contributed by atoms with Crippen molar-refractivity contribution in [1.82, 2.24) is 9.88 Å². The van der Waals surface area contributed by atoms with E-state index < -0.39 is 5.97 Å². The Kier molecular flexibility index (Phi) is 6.77. The summed E-state index contributed by atoms with van der Waals surface area (Å²) in [4.78, 5) is 24.2. The number of halogens is 1. The minimum Gasteiger partial charge on any atom is -0.497 e. The zero-order valence-electron chi connectivity index (χ0n) is 18.5. The molecule has 1 aromatic heterocycles. The van der Waals surface area contributed by atoms with Crippen LogP contribution in [0.3, 0.4) is 0 Å². The summed E-state index contributed by atoms with van der Waals surface area (Å²) in [7, 11) is 2.96. The first kappa shape index (κ1) is 22.3. The third kappa shape index (κ3) is 4.36. The van der Waals surface area contributed by atoms with Crippen molar-refractivity contribution in [3.05, 3.63) is 68.7 Å². The SMILES string of the molecule is CCC1=C(N2CCOCC2)N=c2c(Cl)cc(C(=O)OC)nc2=C(c2cccc(OC)c2)C1. The van der Waals surface area contributed by atoms with Crippen LogP contribution in [0.2, 0.25) is 5.02 Å². The molecule has 1 fully saturated rings. The Bertz CT molecular complexity index is 1190. The van der Waals surface area contributed by atoms with Crippen molar-refractivity contribution in [1.29, 1.82) is 0 Å². The molecule has 7 nitrogen and oxygen atoms in total. The van der Waals surface area contributed by atoms with Crippen LogP contribution in [0.15, 0.2) is 46.7 Å². The number of esters is 1. The lowest BCUT2D eigenvalue weighted by atomic mass is 9.96. The van der Waals surface area contributed by atoms with Crippen LogP contribution in [0.1, 0.15) is 35.8 Å². The number of hydrogen-bond donors (Lipinski definition) is 0. The third-order valence-corrected chi connectivity index (χ3v) is 5.99. The Hall–Kier alpha value is -2.90. The van der Waals surface area contributed by atoms with Crippen molar-refractivity contribution in [3.63, 3.8) is 0 Å². The van der Waals surface area contributed by atoms with Crippen molar-refractivity contribution in [2.75, 3.05) is 40.5 Å². The van der Waals surface area contributed by atoms with Crippen LogP contribution >= 0.6 is 11.6 Å². The fourth-order valence-corrected chi connectivity index (χ4v) is 4.23. The number of carbonyl (C=O) groups excluding carboxylic acids is 1. The number of carbonyl (C=O) groups is 1. The quantitative estimate of drug-likeness (QED) is 0.645. The molecule has 1 saturated heterocycles. The lowest BCUT2D eigenvalue weighted by Gasteiger charge is -2.30. The highest BCUT2D eigenvalue weighted by Gasteiger charge is 2.23. The van der Waals surface area contributed by atoms with E-state index >= 15 is 0 Å². The molecule has 4 rings (SSSR count). The smallest absolute Gasteiger partial charge is 0.356 e. The first-order valence-corrected chi connectivity index (χ1v) is 11.0. The van der Waals surface area contributed by atoms with Crippen molar-refractivity contribution in [3.8, 4) is 5.75 Å². The van der Waals surface area contributed by atoms with Crippen LogP contribution in [0.4, 0.5) is 0 Å². The summed E-state index contributed by atoms with van der Waals surface area (Å²) >= 11 is 6.68. The fourth-order valence-electron chi connectivity index (χ4n) is 4.00. The highest BCUT2D eigenvalue weighted by molar-refractivity contribution is 6.30. The van der Waals surface area contributed by atoms with Crippen LogP contribution in [0.25, 0.3) is 5.57 Å². The topological polar surface area (TPSA) is 73.2 Å². The number of allylic oxidation sites excluding steroid dienone is 1. The first-order valence-electron chi connectivity index (χ1n) is 10.6. The molecule has 0 radical (unpaired) electrons. The predicted molar refractivity (Wildman–Crippen MR) is 121 cm³/mol. The second-order valence-electron chi connectivity index (χ2n) is 7.56. The molecule has 0 saturated carbocycles. The van der Waals surface area contributed by atoms with Gasteiger partial charge in [0.05, 0.1) is 37.8 Å². The molecule has 1 aromatic carbocycles. The van der Waals surface area contributed by atoms with E-state index in [1.54, 1.807) is 7.11 Å². The predicted octanol–water partition coefficient (Wildman–Crippen LogP) is 2.71. The minimum absolute atomic E-state index is 0.153. The summed E-state index contributed by atoms with van der Waals surface area (Å²) in [5, 5.41) is 1.50. The zero-order chi connectivity index (χ0) is 22.7. The average Bonchev–Trinajstić information content (AvgIpc) is 3.01. The van der Waals surface area contributed by atoms with Gasteiger partial charge >= 0.3 is 5.97 Å². The molecule has 32 heavy (non-hydrogen) atoms. The average molecular weight is 456 g/mol. The van der Waals surface area contributed by atoms with Gasteiger partial charge in [0.15, 0.2) is 5.69 Å². The van der Waals surface area contributed by atoms with E-state index in [1.165, 1.54) is 18.7 Å². The maximum absolute atomic E-state index is 12.3. The highest BCUT2D eigenvalue weighted by Crippen LogP contribution is 2.29. The van der Waals surface area contributed by atoms with Gasteiger partial charge in [-0.15, -0.1) is 0 Å². The van der Waals surface area contributed by atoms with E-state index in [0.717, 1.165) is 42.2 Å². The number of benzene rings is 1. The molecule has 0 spiro atoms. The summed E-state index contributed by atoms with van der Waals surface area (Å²) in [6.07, 6.45) is 1.44. The third-order valence-electron chi connectivity index (χ3n) is 5.71. The lowest BCUT2D eigenvalue weighted by Crippen LogP contribution is -2.38. The number of methoxy groups -OCH3 is 2. The van der Waals surface area contributed by atoms with Gasteiger partial charge in [-0.3, -0.25) is 0 Å². The molecule has 2 aromatic rings. The molecule has 0 N–H and O–H groups in total. The summed E-state index contributed by atoms with van der Waals surface area (Å²) in [6, 6.07) is 9.33. The van der Waals surface area contributed by atoms with Crippen molar-refractivity contribution in [2.45, 2.75) is 19.8 Å². The van der Waals surface area contributed by atoms with E-state index in [1.807, 2.05) is 24.3 Å². The Morgan fingerprint density at radius 1 is 1.22 bits per heavy atom. The van der Waals surface area contributed by atoms with Gasteiger partial charge in [-0.05, 0) is 41.3 Å². The summed E-state index contributed by atoms with van der Waals surface area (Å²) in [5.74, 6) is 1.11. The largest absolute Gasteiger partial charge is 0.497 e. The Labute approximate surface area is 192 Å². The van der Waals surface area contributed by atoms with E-state index in [0.29, 0.717) is 35.4 Å². The zero-order valence-corrected chi connectivity index (χ0v) is 19.2. The van der Waals surface area contributed by atoms with Crippen LogP contribution in [-0.2, 0) is 9.47 Å². The maximum atomic E-state index is 12.3. The van der Waals surface area contributed by atoms with Gasteiger partial charge in [-0.25, -0.2) is 14.8 Å². The van der Waals surface area contributed by atoms with Crippen LogP contribution < -0.4 is 15.4 Å². The van der Waals surface area contributed by atoms with E-state index in [-0.39, 0.29) is 5.69 Å². The van der Waals surface area contributed by atoms with E-state index in [4.69, 9.17) is 30.8 Å². The maximum Gasteiger partial charge on any atom is 0.356 e. The fraction of sp³-hybridized carbons (Fsp3) is 0.375. The first-order chi connectivity index (χ1) is 15.5. The summed E-state index contributed by atoms with van der Waals surface area (Å²) in [5.41, 5.74) is 3.22. The van der Waals surface area contributed by atoms with Crippen molar-refractivity contribution < 1.29 is 19.0 Å². The second kappa shape index (κ2) is 9.71. The molecule has 0 bridgehead atoms. The second-order valence-corrected chi connectivity index (χ2v) is 7.96. The molecule has 0 aliphatic carbocycles. The number of morpholine rings is 1. The number of hydrogen-bond acceptors (Lipinski definition) is 7. The molecule has 0 unspecified atom stereocenters.